The lowest BCUT2D eigenvalue weighted by atomic mass is 10.1. The van der Waals surface area contributed by atoms with Crippen LogP contribution in [0.15, 0.2) is 10.9 Å². The maximum atomic E-state index is 12.7. The molecule has 0 saturated carbocycles. The number of pyridine rings is 1. The Labute approximate surface area is 110 Å². The molecule has 1 N–H and O–H groups in total. The number of rotatable bonds is 5. The third-order valence-corrected chi connectivity index (χ3v) is 2.76. The SMILES string of the molecule is CCOC(=O)Cc1cc(=O)c(C(F)F)c(CBr)[nH]1. The minimum Gasteiger partial charge on any atom is -0.466 e. The Morgan fingerprint density at radius 2 is 2.22 bits per heavy atom. The first-order chi connectivity index (χ1) is 8.49. The van der Waals surface area contributed by atoms with Crippen molar-refractivity contribution in [3.63, 3.8) is 0 Å². The Morgan fingerprint density at radius 3 is 2.72 bits per heavy atom. The molecule has 0 saturated heterocycles. The monoisotopic (exact) mass is 323 g/mol. The van der Waals surface area contributed by atoms with E-state index in [2.05, 4.69) is 20.9 Å². The second-order valence-corrected chi connectivity index (χ2v) is 4.03. The molecule has 0 aliphatic carbocycles. The highest BCUT2D eigenvalue weighted by atomic mass is 79.9. The summed E-state index contributed by atoms with van der Waals surface area (Å²) in [6.07, 6.45) is -3.00. The molecule has 18 heavy (non-hydrogen) atoms. The van der Waals surface area contributed by atoms with Gasteiger partial charge in [-0.05, 0) is 6.92 Å². The summed E-state index contributed by atoms with van der Waals surface area (Å²) in [7, 11) is 0. The van der Waals surface area contributed by atoms with E-state index in [0.29, 0.717) is 0 Å². The summed E-state index contributed by atoms with van der Waals surface area (Å²) in [5, 5.41) is 0.0819. The van der Waals surface area contributed by atoms with Gasteiger partial charge in [-0.15, -0.1) is 0 Å². The quantitative estimate of drug-likeness (QED) is 0.668. The first-order valence-corrected chi connectivity index (χ1v) is 6.36. The molecule has 4 nitrogen and oxygen atoms in total. The van der Waals surface area contributed by atoms with Crippen molar-refractivity contribution in [2.45, 2.75) is 25.1 Å². The van der Waals surface area contributed by atoms with E-state index in [-0.39, 0.29) is 29.7 Å². The summed E-state index contributed by atoms with van der Waals surface area (Å²) >= 11 is 3.02. The number of hydrogen-bond acceptors (Lipinski definition) is 3. The zero-order chi connectivity index (χ0) is 13.7. The number of H-pyrrole nitrogens is 1. The number of aromatic amines is 1. The number of aromatic nitrogens is 1. The first kappa shape index (κ1) is 14.8. The van der Waals surface area contributed by atoms with Gasteiger partial charge in [0.2, 0.25) is 0 Å². The molecule has 1 aromatic heterocycles. The highest BCUT2D eigenvalue weighted by Crippen LogP contribution is 2.20. The summed E-state index contributed by atoms with van der Waals surface area (Å²) < 4.78 is 30.0. The van der Waals surface area contributed by atoms with Gasteiger partial charge >= 0.3 is 5.97 Å². The summed E-state index contributed by atoms with van der Waals surface area (Å²) in [5.74, 6) is -0.515. The molecule has 1 aromatic rings. The van der Waals surface area contributed by atoms with Crippen LogP contribution in [0.1, 0.15) is 30.3 Å². The van der Waals surface area contributed by atoms with Gasteiger partial charge in [-0.2, -0.15) is 0 Å². The lowest BCUT2D eigenvalue weighted by Gasteiger charge is -2.09. The van der Waals surface area contributed by atoms with Gasteiger partial charge in [-0.25, -0.2) is 8.78 Å². The van der Waals surface area contributed by atoms with Gasteiger partial charge in [-0.1, -0.05) is 15.9 Å². The maximum absolute atomic E-state index is 12.7. The molecule has 0 unspecified atom stereocenters. The lowest BCUT2D eigenvalue weighted by Crippen LogP contribution is -2.18. The molecule has 0 amide bonds. The molecule has 1 rings (SSSR count). The highest BCUT2D eigenvalue weighted by Gasteiger charge is 2.18. The Hall–Kier alpha value is -1.24. The molecule has 0 aromatic carbocycles. The van der Waals surface area contributed by atoms with E-state index < -0.39 is 23.4 Å². The van der Waals surface area contributed by atoms with Gasteiger partial charge in [-0.3, -0.25) is 9.59 Å². The van der Waals surface area contributed by atoms with E-state index in [1.54, 1.807) is 6.92 Å². The molecule has 1 heterocycles. The van der Waals surface area contributed by atoms with Gasteiger partial charge in [0.15, 0.2) is 5.43 Å². The summed E-state index contributed by atoms with van der Waals surface area (Å²) in [4.78, 5) is 25.4. The molecule has 0 spiro atoms. The molecular formula is C11H12BrF2NO3. The lowest BCUT2D eigenvalue weighted by molar-refractivity contribution is -0.142. The van der Waals surface area contributed by atoms with E-state index in [1.807, 2.05) is 0 Å². The predicted molar refractivity (Wildman–Crippen MR) is 65.0 cm³/mol. The van der Waals surface area contributed by atoms with Crippen LogP contribution >= 0.6 is 15.9 Å². The van der Waals surface area contributed by atoms with Gasteiger partial charge < -0.3 is 9.72 Å². The second-order valence-electron chi connectivity index (χ2n) is 3.47. The van der Waals surface area contributed by atoms with Crippen molar-refractivity contribution in [1.29, 1.82) is 0 Å². The summed E-state index contributed by atoms with van der Waals surface area (Å²) in [6, 6.07) is 1.00. The van der Waals surface area contributed by atoms with Crippen molar-refractivity contribution >= 4 is 21.9 Å². The standard InChI is InChI=1S/C11H12BrF2NO3/c1-2-18-9(17)4-6-3-8(16)10(11(13)14)7(5-12)15-6/h3,11H,2,4-5H2,1H3,(H,15,16). The van der Waals surface area contributed by atoms with Gasteiger partial charge in [0.25, 0.3) is 6.43 Å². The van der Waals surface area contributed by atoms with E-state index in [1.165, 1.54) is 0 Å². The van der Waals surface area contributed by atoms with Crippen molar-refractivity contribution in [3.05, 3.63) is 33.2 Å². The molecule has 100 valence electrons. The fourth-order valence-corrected chi connectivity index (χ4v) is 1.93. The number of nitrogens with one attached hydrogen (secondary N) is 1. The molecule has 7 heteroatoms. The smallest absolute Gasteiger partial charge is 0.311 e. The Kier molecular flexibility index (Phi) is 5.46. The Morgan fingerprint density at radius 1 is 1.56 bits per heavy atom. The van der Waals surface area contributed by atoms with E-state index in [9.17, 15) is 18.4 Å². The van der Waals surface area contributed by atoms with E-state index in [4.69, 9.17) is 4.74 Å². The molecular weight excluding hydrogens is 312 g/mol. The fraction of sp³-hybridized carbons (Fsp3) is 0.455. The Bertz CT molecular complexity index is 488. The van der Waals surface area contributed by atoms with Gasteiger partial charge in [0.05, 0.1) is 18.6 Å². The van der Waals surface area contributed by atoms with Gasteiger partial charge in [0, 0.05) is 22.8 Å². The zero-order valence-electron chi connectivity index (χ0n) is 9.63. The summed E-state index contributed by atoms with van der Waals surface area (Å²) in [6.45, 7) is 1.88. The topological polar surface area (TPSA) is 59.2 Å². The van der Waals surface area contributed by atoms with E-state index >= 15 is 0 Å². The number of ether oxygens (including phenoxy) is 1. The minimum absolute atomic E-state index is 0.0804. The van der Waals surface area contributed by atoms with Crippen LogP contribution in [0.25, 0.3) is 0 Å². The molecule has 0 bridgehead atoms. The van der Waals surface area contributed by atoms with Crippen LogP contribution in [0.5, 0.6) is 0 Å². The molecule has 0 aliphatic heterocycles. The third-order valence-electron chi connectivity index (χ3n) is 2.20. The van der Waals surface area contributed by atoms with Crippen LogP contribution in [0.4, 0.5) is 8.78 Å². The van der Waals surface area contributed by atoms with Crippen molar-refractivity contribution in [3.8, 4) is 0 Å². The number of hydrogen-bond donors (Lipinski definition) is 1. The summed E-state index contributed by atoms with van der Waals surface area (Å²) in [5.41, 5.74) is -1.01. The average molecular weight is 324 g/mol. The fourth-order valence-electron chi connectivity index (χ4n) is 1.49. The van der Waals surface area contributed by atoms with Crippen LogP contribution < -0.4 is 5.43 Å². The highest BCUT2D eigenvalue weighted by molar-refractivity contribution is 9.08. The van der Waals surface area contributed by atoms with Crippen LogP contribution in [-0.4, -0.2) is 17.6 Å². The van der Waals surface area contributed by atoms with Crippen molar-refractivity contribution in [2.24, 2.45) is 0 Å². The van der Waals surface area contributed by atoms with Crippen LogP contribution in [0.3, 0.4) is 0 Å². The number of esters is 1. The van der Waals surface area contributed by atoms with Gasteiger partial charge in [0.1, 0.15) is 0 Å². The average Bonchev–Trinajstić information content (AvgIpc) is 2.27. The van der Waals surface area contributed by atoms with Crippen molar-refractivity contribution < 1.29 is 18.3 Å². The second kappa shape index (κ2) is 6.63. The maximum Gasteiger partial charge on any atom is 0.311 e. The Balaban J connectivity index is 3.07. The number of carbonyl (C=O) groups excluding carboxylic acids is 1. The minimum atomic E-state index is -2.85. The van der Waals surface area contributed by atoms with E-state index in [0.717, 1.165) is 6.07 Å². The van der Waals surface area contributed by atoms with Crippen molar-refractivity contribution in [1.82, 2.24) is 4.98 Å². The van der Waals surface area contributed by atoms with Crippen LogP contribution in [-0.2, 0) is 21.3 Å². The predicted octanol–water partition coefficient (Wildman–Crippen LogP) is 2.31. The molecule has 0 aliphatic rings. The normalized spacial score (nSPS) is 10.7. The first-order valence-electron chi connectivity index (χ1n) is 5.24. The van der Waals surface area contributed by atoms with Crippen LogP contribution in [0.2, 0.25) is 0 Å². The zero-order valence-corrected chi connectivity index (χ0v) is 11.2. The third kappa shape index (κ3) is 3.63. The van der Waals surface area contributed by atoms with Crippen LogP contribution in [0, 0.1) is 0 Å². The molecule has 0 radical (unpaired) electrons. The molecule has 0 fully saturated rings. The number of halogens is 3. The number of carbonyl (C=O) groups is 1. The molecule has 0 atom stereocenters. The van der Waals surface area contributed by atoms with Crippen molar-refractivity contribution in [2.75, 3.05) is 6.61 Å². The number of alkyl halides is 3. The largest absolute Gasteiger partial charge is 0.466 e.